The van der Waals surface area contributed by atoms with Crippen LogP contribution < -0.4 is 5.09 Å². The molecule has 0 amide bonds. The molecular weight excluding hydrogens is 184 g/mol. The topological polar surface area (TPSA) is 15.3 Å². The van der Waals surface area contributed by atoms with E-state index in [0.29, 0.717) is 0 Å². The van der Waals surface area contributed by atoms with Crippen LogP contribution >= 0.6 is 0 Å². The monoisotopic (exact) mass is 202 g/mol. The van der Waals surface area contributed by atoms with Crippen molar-refractivity contribution in [3.8, 4) is 0 Å². The van der Waals surface area contributed by atoms with E-state index in [1.807, 2.05) is 0 Å². The first-order valence-corrected chi connectivity index (χ1v) is 11.9. The lowest BCUT2D eigenvalue weighted by molar-refractivity contribution is 0.616. The smallest absolute Gasteiger partial charge is 0.148 e. The Kier molecular flexibility index (Phi) is 2.46. The molecule has 0 spiro atoms. The van der Waals surface area contributed by atoms with Crippen molar-refractivity contribution < 1.29 is 0 Å². The van der Waals surface area contributed by atoms with Gasteiger partial charge in [0.05, 0.1) is 0 Å². The van der Waals surface area contributed by atoms with Gasteiger partial charge in [0.2, 0.25) is 0 Å². The number of rotatable bonds is 1. The van der Waals surface area contributed by atoms with Gasteiger partial charge in [-0.25, -0.2) is 0 Å². The Morgan fingerprint density at radius 3 is 2.09 bits per heavy atom. The minimum Gasteiger partial charge on any atom is -0.294 e. The number of hydrogen-bond acceptors (Lipinski definition) is 2. The first kappa shape index (κ1) is 9.66. The van der Waals surface area contributed by atoms with Crippen molar-refractivity contribution in [2.75, 3.05) is 0 Å². The number of nitrogens with zero attached hydrogens (tertiary/aromatic N) is 1. The minimum atomic E-state index is -1.04. The zero-order valence-corrected chi connectivity index (χ0v) is 11.2. The molecule has 0 saturated carbocycles. The minimum absolute atomic E-state index is 0.990. The number of hydrazine groups is 1. The highest BCUT2D eigenvalue weighted by atomic mass is 28.4. The molecule has 1 aliphatic rings. The maximum absolute atomic E-state index is 3.72. The summed E-state index contributed by atoms with van der Waals surface area (Å²) < 4.78 is 2.55. The predicted molar refractivity (Wildman–Crippen MR) is 56.4 cm³/mol. The van der Waals surface area contributed by atoms with Crippen LogP contribution in [0.1, 0.15) is 0 Å². The summed E-state index contributed by atoms with van der Waals surface area (Å²) in [7, 11) is -0.985. The number of hydrogen-bond donors (Lipinski definition) is 1. The molecule has 5 heteroatoms. The fourth-order valence-electron chi connectivity index (χ4n) is 1.06. The van der Waals surface area contributed by atoms with Crippen molar-refractivity contribution in [1.29, 1.82) is 0 Å². The Morgan fingerprint density at radius 1 is 1.36 bits per heavy atom. The summed E-state index contributed by atoms with van der Waals surface area (Å²) >= 11 is 0. The molecule has 2 radical (unpaired) electrons. The van der Waals surface area contributed by atoms with Crippen LogP contribution in [-0.4, -0.2) is 30.5 Å². The van der Waals surface area contributed by atoms with Gasteiger partial charge in [-0.1, -0.05) is 32.7 Å². The van der Waals surface area contributed by atoms with Crippen molar-refractivity contribution >= 4 is 26.2 Å². The molecule has 1 heterocycles. The van der Waals surface area contributed by atoms with Crippen LogP contribution in [0.5, 0.6) is 0 Å². The summed E-state index contributed by atoms with van der Waals surface area (Å²) in [5, 5.41) is 3.72. The molecule has 0 aromatic carbocycles. The molecule has 1 fully saturated rings. The molecule has 11 heavy (non-hydrogen) atoms. The maximum Gasteiger partial charge on any atom is 0.148 e. The Hall–Kier alpha value is 0.571. The molecule has 1 N–H and O–H groups in total. The molecule has 1 aliphatic heterocycles. The van der Waals surface area contributed by atoms with E-state index in [0.717, 1.165) is 9.68 Å². The summed E-state index contributed by atoms with van der Waals surface area (Å²) in [5.74, 6) is 0. The van der Waals surface area contributed by atoms with Gasteiger partial charge in [-0.05, 0) is 5.67 Å². The van der Waals surface area contributed by atoms with Crippen molar-refractivity contribution in [2.45, 2.75) is 38.4 Å². The summed E-state index contributed by atoms with van der Waals surface area (Å²) in [5.41, 5.74) is 1.44. The van der Waals surface area contributed by atoms with Gasteiger partial charge in [-0.3, -0.25) is 9.43 Å². The van der Waals surface area contributed by atoms with Gasteiger partial charge >= 0.3 is 0 Å². The first-order valence-electron chi connectivity index (χ1n) is 4.13. The molecule has 0 aromatic heterocycles. The molecule has 0 bridgehead atoms. The van der Waals surface area contributed by atoms with Crippen LogP contribution in [-0.2, 0) is 0 Å². The number of nitrogens with one attached hydrogen (secondary N) is 1. The van der Waals surface area contributed by atoms with Crippen molar-refractivity contribution in [1.82, 2.24) is 9.43 Å². The molecule has 1 rings (SSSR count). The second kappa shape index (κ2) is 2.81. The zero-order chi connectivity index (χ0) is 8.70. The van der Waals surface area contributed by atoms with E-state index in [1.54, 1.807) is 0 Å². The van der Waals surface area contributed by atoms with Gasteiger partial charge in [-0.15, -0.1) is 0 Å². The fourth-order valence-corrected chi connectivity index (χ4v) is 10.3. The highest BCUT2D eigenvalue weighted by Crippen LogP contribution is 2.18. The summed E-state index contributed by atoms with van der Waals surface area (Å²) in [6.45, 7) is 12.1. The van der Waals surface area contributed by atoms with Gasteiger partial charge in [0.25, 0.3) is 0 Å². The van der Waals surface area contributed by atoms with E-state index < -0.39 is 16.5 Å². The molecule has 0 aromatic rings. The normalized spacial score (nSPS) is 25.9. The second-order valence-corrected chi connectivity index (χ2v) is 16.2. The molecule has 0 aliphatic carbocycles. The second-order valence-electron chi connectivity index (χ2n) is 4.84. The molecule has 2 nitrogen and oxygen atoms in total. The third-order valence-electron chi connectivity index (χ3n) is 1.76. The largest absolute Gasteiger partial charge is 0.294 e. The summed E-state index contributed by atoms with van der Waals surface area (Å²) in [4.78, 5) is 0. The highest BCUT2D eigenvalue weighted by Gasteiger charge is 2.37. The highest BCUT2D eigenvalue weighted by molar-refractivity contribution is 6.90. The van der Waals surface area contributed by atoms with E-state index in [-0.39, 0.29) is 0 Å². The van der Waals surface area contributed by atoms with Crippen molar-refractivity contribution in [3.05, 3.63) is 0 Å². The SMILES string of the molecule is C[Si]1(C)C[Si]N([Si](C)(C)C)N1. The van der Waals surface area contributed by atoms with Crippen LogP contribution in [0.25, 0.3) is 0 Å². The average Bonchev–Trinajstić information content (AvgIpc) is 2.07. The average molecular weight is 202 g/mol. The van der Waals surface area contributed by atoms with Crippen LogP contribution in [0.15, 0.2) is 0 Å². The molecular formula is C6H18N2Si3. The van der Waals surface area contributed by atoms with Gasteiger partial charge in [0.1, 0.15) is 26.2 Å². The van der Waals surface area contributed by atoms with Crippen LogP contribution in [0.2, 0.25) is 38.4 Å². The van der Waals surface area contributed by atoms with Crippen LogP contribution in [0, 0.1) is 0 Å². The Morgan fingerprint density at radius 2 is 1.91 bits per heavy atom. The van der Waals surface area contributed by atoms with E-state index in [4.69, 9.17) is 0 Å². The molecule has 64 valence electrons. The van der Waals surface area contributed by atoms with E-state index in [1.165, 1.54) is 5.67 Å². The lowest BCUT2D eigenvalue weighted by atomic mass is 11.8. The Labute approximate surface area is 74.4 Å². The summed E-state index contributed by atoms with van der Waals surface area (Å²) in [6, 6.07) is 0. The lowest BCUT2D eigenvalue weighted by Gasteiger charge is -2.32. The third-order valence-corrected chi connectivity index (χ3v) is 11.6. The zero-order valence-electron chi connectivity index (χ0n) is 8.15. The Bertz CT molecular complexity index is 152. The molecule has 0 atom stereocenters. The van der Waals surface area contributed by atoms with Gasteiger partial charge in [0.15, 0.2) is 0 Å². The van der Waals surface area contributed by atoms with E-state index in [2.05, 4.69) is 42.2 Å². The van der Waals surface area contributed by atoms with Crippen molar-refractivity contribution in [2.24, 2.45) is 0 Å². The van der Waals surface area contributed by atoms with Crippen molar-refractivity contribution in [3.63, 3.8) is 0 Å². The maximum atomic E-state index is 3.72. The molecule has 0 unspecified atom stereocenters. The van der Waals surface area contributed by atoms with Gasteiger partial charge < -0.3 is 0 Å². The Balaban J connectivity index is 2.55. The van der Waals surface area contributed by atoms with Gasteiger partial charge in [0, 0.05) is 0 Å². The quantitative estimate of drug-likeness (QED) is 0.647. The first-order chi connectivity index (χ1) is 4.81. The van der Waals surface area contributed by atoms with E-state index in [9.17, 15) is 0 Å². The summed E-state index contributed by atoms with van der Waals surface area (Å²) in [6.07, 6.45) is 0. The fraction of sp³-hybridized carbons (Fsp3) is 1.00. The van der Waals surface area contributed by atoms with Gasteiger partial charge in [-0.2, -0.15) is 0 Å². The van der Waals surface area contributed by atoms with E-state index >= 15 is 0 Å². The predicted octanol–water partition coefficient (Wildman–Crippen LogP) is 1.42. The lowest BCUT2D eigenvalue weighted by Crippen LogP contribution is -2.56. The molecule has 1 saturated heterocycles. The third kappa shape index (κ3) is 2.52. The van der Waals surface area contributed by atoms with Crippen LogP contribution in [0.4, 0.5) is 0 Å². The van der Waals surface area contributed by atoms with Crippen LogP contribution in [0.3, 0.4) is 0 Å². The standard InChI is InChI=1S/C6H18N2Si3/c1-10(2,3)8-7-11(4,5)6-9-8/h7H,6H2,1-5H3.